The van der Waals surface area contributed by atoms with Crippen LogP contribution in [0.4, 0.5) is 0 Å². The number of carbonyl (C=O) groups excluding carboxylic acids is 2. The Morgan fingerprint density at radius 2 is 2.10 bits per heavy atom. The number of piperidine rings is 1. The molecule has 1 saturated carbocycles. The molecular formula is C22H29N5O3. The van der Waals surface area contributed by atoms with Crippen LogP contribution in [-0.2, 0) is 16.1 Å². The van der Waals surface area contributed by atoms with Gasteiger partial charge in [0.1, 0.15) is 0 Å². The van der Waals surface area contributed by atoms with Crippen LogP contribution in [0.1, 0.15) is 50.8 Å². The average molecular weight is 412 g/mol. The first-order valence-electron chi connectivity index (χ1n) is 10.9. The van der Waals surface area contributed by atoms with Crippen molar-refractivity contribution in [3.63, 3.8) is 0 Å². The van der Waals surface area contributed by atoms with Crippen LogP contribution in [0.15, 0.2) is 29.0 Å². The van der Waals surface area contributed by atoms with E-state index in [0.29, 0.717) is 37.0 Å². The Morgan fingerprint density at radius 1 is 1.27 bits per heavy atom. The summed E-state index contributed by atoms with van der Waals surface area (Å²) in [5, 5.41) is 3.98. The Morgan fingerprint density at radius 3 is 2.87 bits per heavy atom. The van der Waals surface area contributed by atoms with Crippen molar-refractivity contribution in [3.8, 4) is 11.4 Å². The minimum absolute atomic E-state index is 0.0253. The Bertz CT molecular complexity index is 863. The number of hydrogen-bond donors (Lipinski definition) is 0. The maximum Gasteiger partial charge on any atom is 0.246 e. The van der Waals surface area contributed by atoms with Gasteiger partial charge in [0.25, 0.3) is 0 Å². The number of aromatic nitrogens is 3. The molecule has 1 saturated heterocycles. The standard InChI is InChI=1S/C22H29N5O3/c1-26(15-19-24-21(25-30-19)17-8-5-11-23-12-17)22(29)18-9-10-20(28)27(14-18)13-16-6-3-2-4-7-16/h5,8,11-12,16,18H,2-4,6-7,9-10,13-15H2,1H3/t18-/m0/s1. The molecule has 8 nitrogen and oxygen atoms in total. The molecule has 1 atom stereocenters. The normalized spacial score (nSPS) is 20.4. The van der Waals surface area contributed by atoms with Crippen LogP contribution >= 0.6 is 0 Å². The molecule has 2 aromatic heterocycles. The third kappa shape index (κ3) is 4.86. The lowest BCUT2D eigenvalue weighted by molar-refractivity contribution is -0.143. The second-order valence-corrected chi connectivity index (χ2v) is 8.49. The largest absolute Gasteiger partial charge is 0.342 e. The molecule has 160 valence electrons. The highest BCUT2D eigenvalue weighted by Gasteiger charge is 2.33. The van der Waals surface area contributed by atoms with Gasteiger partial charge in [0.05, 0.1) is 12.5 Å². The van der Waals surface area contributed by atoms with E-state index in [1.54, 1.807) is 24.3 Å². The summed E-state index contributed by atoms with van der Waals surface area (Å²) in [6.45, 7) is 1.56. The van der Waals surface area contributed by atoms with Crippen molar-refractivity contribution >= 4 is 11.8 Å². The maximum absolute atomic E-state index is 13.0. The third-order valence-electron chi connectivity index (χ3n) is 6.19. The van der Waals surface area contributed by atoms with Gasteiger partial charge in [-0.1, -0.05) is 24.4 Å². The molecule has 1 aliphatic heterocycles. The summed E-state index contributed by atoms with van der Waals surface area (Å²) in [7, 11) is 1.75. The second-order valence-electron chi connectivity index (χ2n) is 8.49. The van der Waals surface area contributed by atoms with Crippen LogP contribution in [0.2, 0.25) is 0 Å². The van der Waals surface area contributed by atoms with Gasteiger partial charge in [-0.3, -0.25) is 14.6 Å². The summed E-state index contributed by atoms with van der Waals surface area (Å²) in [5.41, 5.74) is 0.769. The molecule has 2 amide bonds. The van der Waals surface area contributed by atoms with E-state index in [1.807, 2.05) is 17.0 Å². The topological polar surface area (TPSA) is 92.4 Å². The van der Waals surface area contributed by atoms with Gasteiger partial charge >= 0.3 is 0 Å². The molecule has 0 bridgehead atoms. The number of nitrogens with zero attached hydrogens (tertiary/aromatic N) is 5. The van der Waals surface area contributed by atoms with Crippen molar-refractivity contribution in [1.82, 2.24) is 24.9 Å². The molecule has 2 aliphatic rings. The molecule has 0 unspecified atom stereocenters. The summed E-state index contributed by atoms with van der Waals surface area (Å²) in [6.07, 6.45) is 10.6. The van der Waals surface area contributed by atoms with Gasteiger partial charge in [-0.2, -0.15) is 4.98 Å². The molecule has 0 spiro atoms. The number of amides is 2. The zero-order chi connectivity index (χ0) is 20.9. The van der Waals surface area contributed by atoms with E-state index in [1.165, 1.54) is 32.1 Å². The highest BCUT2D eigenvalue weighted by molar-refractivity contribution is 5.83. The number of rotatable bonds is 6. The van der Waals surface area contributed by atoms with Crippen molar-refractivity contribution in [3.05, 3.63) is 30.4 Å². The van der Waals surface area contributed by atoms with E-state index < -0.39 is 0 Å². The van der Waals surface area contributed by atoms with E-state index in [9.17, 15) is 9.59 Å². The van der Waals surface area contributed by atoms with Gasteiger partial charge in [-0.05, 0) is 37.3 Å². The summed E-state index contributed by atoms with van der Waals surface area (Å²) >= 11 is 0. The lowest BCUT2D eigenvalue weighted by Gasteiger charge is -2.36. The van der Waals surface area contributed by atoms with Gasteiger partial charge < -0.3 is 14.3 Å². The molecule has 2 aromatic rings. The Hall–Kier alpha value is -2.77. The van der Waals surface area contributed by atoms with Crippen molar-refractivity contribution in [2.45, 2.75) is 51.5 Å². The average Bonchev–Trinajstić information content (AvgIpc) is 3.24. The summed E-state index contributed by atoms with van der Waals surface area (Å²) in [5.74, 6) is 1.47. The van der Waals surface area contributed by atoms with Crippen LogP contribution in [0, 0.1) is 11.8 Å². The summed E-state index contributed by atoms with van der Waals surface area (Å²) in [4.78, 5) is 37.4. The number of likely N-dealkylation sites (tertiary alicyclic amines) is 1. The van der Waals surface area contributed by atoms with Gasteiger partial charge in [-0.25, -0.2) is 0 Å². The van der Waals surface area contributed by atoms with Crippen molar-refractivity contribution < 1.29 is 14.1 Å². The maximum atomic E-state index is 13.0. The van der Waals surface area contributed by atoms with Crippen molar-refractivity contribution in [2.75, 3.05) is 20.1 Å². The van der Waals surface area contributed by atoms with Gasteiger partial charge in [0, 0.05) is 44.5 Å². The van der Waals surface area contributed by atoms with Gasteiger partial charge in [0.2, 0.25) is 23.5 Å². The van der Waals surface area contributed by atoms with E-state index in [0.717, 1.165) is 12.1 Å². The lowest BCUT2D eigenvalue weighted by Crippen LogP contribution is -2.47. The molecule has 2 fully saturated rings. The predicted octanol–water partition coefficient (Wildman–Crippen LogP) is 2.91. The highest BCUT2D eigenvalue weighted by atomic mass is 16.5. The van der Waals surface area contributed by atoms with Crippen molar-refractivity contribution in [2.24, 2.45) is 11.8 Å². The van der Waals surface area contributed by atoms with Gasteiger partial charge in [-0.15, -0.1) is 0 Å². The fraction of sp³-hybridized carbons (Fsp3) is 0.591. The first-order chi connectivity index (χ1) is 14.6. The monoisotopic (exact) mass is 411 g/mol. The lowest BCUT2D eigenvalue weighted by atomic mass is 9.87. The quantitative estimate of drug-likeness (QED) is 0.726. The SMILES string of the molecule is CN(Cc1nc(-c2cccnc2)no1)C(=O)[C@H]1CCC(=O)N(CC2CCCCC2)C1. The Balaban J connectivity index is 1.34. The fourth-order valence-electron chi connectivity index (χ4n) is 4.50. The van der Waals surface area contributed by atoms with Crippen LogP contribution in [0.5, 0.6) is 0 Å². The molecule has 3 heterocycles. The zero-order valence-electron chi connectivity index (χ0n) is 17.5. The molecule has 1 aliphatic carbocycles. The van der Waals surface area contributed by atoms with Crippen LogP contribution in [0.25, 0.3) is 11.4 Å². The second kappa shape index (κ2) is 9.36. The zero-order valence-corrected chi connectivity index (χ0v) is 17.5. The van der Waals surface area contributed by atoms with E-state index in [4.69, 9.17) is 4.52 Å². The molecule has 30 heavy (non-hydrogen) atoms. The molecule has 0 N–H and O–H groups in total. The number of pyridine rings is 1. The highest BCUT2D eigenvalue weighted by Crippen LogP contribution is 2.27. The number of carbonyl (C=O) groups is 2. The first-order valence-corrected chi connectivity index (χ1v) is 10.9. The molecule has 4 rings (SSSR count). The summed E-state index contributed by atoms with van der Waals surface area (Å²) < 4.78 is 5.32. The van der Waals surface area contributed by atoms with Crippen LogP contribution in [-0.4, -0.2) is 56.9 Å². The summed E-state index contributed by atoms with van der Waals surface area (Å²) in [6, 6.07) is 3.67. The van der Waals surface area contributed by atoms with Crippen molar-refractivity contribution in [1.29, 1.82) is 0 Å². The van der Waals surface area contributed by atoms with Gasteiger partial charge in [0.15, 0.2) is 0 Å². The minimum Gasteiger partial charge on any atom is -0.342 e. The predicted molar refractivity (Wildman–Crippen MR) is 110 cm³/mol. The van der Waals surface area contributed by atoms with E-state index in [2.05, 4.69) is 15.1 Å². The van der Waals surface area contributed by atoms with E-state index >= 15 is 0 Å². The molecule has 8 heteroatoms. The van der Waals surface area contributed by atoms with Crippen LogP contribution in [0.3, 0.4) is 0 Å². The number of hydrogen-bond acceptors (Lipinski definition) is 6. The third-order valence-corrected chi connectivity index (χ3v) is 6.19. The molecule has 0 aromatic carbocycles. The Kier molecular flexibility index (Phi) is 6.40. The molecule has 0 radical (unpaired) electrons. The van der Waals surface area contributed by atoms with Crippen LogP contribution < -0.4 is 0 Å². The fourth-order valence-corrected chi connectivity index (χ4v) is 4.50. The van der Waals surface area contributed by atoms with E-state index in [-0.39, 0.29) is 24.3 Å². The smallest absolute Gasteiger partial charge is 0.246 e. The molecular weight excluding hydrogens is 382 g/mol. The first kappa shape index (κ1) is 20.5. The minimum atomic E-state index is -0.169. The Labute approximate surface area is 176 Å².